The molecule has 0 amide bonds. The summed E-state index contributed by atoms with van der Waals surface area (Å²) in [5, 5.41) is 13.8. The van der Waals surface area contributed by atoms with Crippen molar-refractivity contribution in [2.24, 2.45) is 0 Å². The van der Waals surface area contributed by atoms with Crippen LogP contribution >= 0.6 is 11.6 Å². The van der Waals surface area contributed by atoms with Crippen LogP contribution in [0.2, 0.25) is 5.02 Å². The predicted octanol–water partition coefficient (Wildman–Crippen LogP) is 2.62. The second-order valence-corrected chi connectivity index (χ2v) is 5.44. The topological polar surface area (TPSA) is 50.7 Å². The summed E-state index contributed by atoms with van der Waals surface area (Å²) in [5.41, 5.74) is 0.125. The van der Waals surface area contributed by atoms with Gasteiger partial charge in [0.25, 0.3) is 0 Å². The molecule has 0 radical (unpaired) electrons. The maximum Gasteiger partial charge on any atom is 0.142 e. The molecule has 0 saturated heterocycles. The molecule has 20 heavy (non-hydrogen) atoms. The molecule has 0 bridgehead atoms. The van der Waals surface area contributed by atoms with Crippen molar-refractivity contribution in [3.63, 3.8) is 0 Å². The van der Waals surface area contributed by atoms with Gasteiger partial charge in [0.2, 0.25) is 0 Å². The van der Waals surface area contributed by atoms with E-state index in [-0.39, 0.29) is 6.61 Å². The van der Waals surface area contributed by atoms with Gasteiger partial charge in [-0.05, 0) is 19.4 Å². The van der Waals surface area contributed by atoms with Gasteiger partial charge in [-0.1, -0.05) is 30.7 Å². The Morgan fingerprint density at radius 1 is 1.40 bits per heavy atom. The zero-order valence-electron chi connectivity index (χ0n) is 12.4. The summed E-state index contributed by atoms with van der Waals surface area (Å²) in [6.45, 7) is 5.95. The molecule has 0 spiro atoms. The summed E-state index contributed by atoms with van der Waals surface area (Å²) < 4.78 is 10.7. The van der Waals surface area contributed by atoms with Gasteiger partial charge in [-0.2, -0.15) is 0 Å². The molecule has 2 N–H and O–H groups in total. The Kier molecular flexibility index (Phi) is 7.30. The quantitative estimate of drug-likeness (QED) is 0.689. The zero-order chi connectivity index (χ0) is 15.0. The second kappa shape index (κ2) is 8.47. The van der Waals surface area contributed by atoms with Crippen molar-refractivity contribution in [1.29, 1.82) is 0 Å². The molecule has 1 aromatic carbocycles. The zero-order valence-corrected chi connectivity index (χ0v) is 13.2. The fourth-order valence-corrected chi connectivity index (χ4v) is 1.83. The molecule has 0 aromatic heterocycles. The Morgan fingerprint density at radius 3 is 2.80 bits per heavy atom. The van der Waals surface area contributed by atoms with E-state index in [1.54, 1.807) is 20.1 Å². The predicted molar refractivity (Wildman–Crippen MR) is 81.4 cm³/mol. The maximum absolute atomic E-state index is 10.0. The van der Waals surface area contributed by atoms with E-state index in [4.69, 9.17) is 21.1 Å². The summed E-state index contributed by atoms with van der Waals surface area (Å²) >= 11 is 6.18. The summed E-state index contributed by atoms with van der Waals surface area (Å²) in [6.07, 6.45) is 0.624. The van der Waals surface area contributed by atoms with E-state index in [9.17, 15) is 5.11 Å². The Labute approximate surface area is 126 Å². The van der Waals surface area contributed by atoms with E-state index < -0.39 is 5.60 Å². The molecule has 5 heteroatoms. The molecule has 1 atom stereocenters. The number of benzene rings is 1. The molecule has 0 aliphatic rings. The minimum absolute atomic E-state index is 0.221. The van der Waals surface area contributed by atoms with Crippen LogP contribution < -0.4 is 10.1 Å². The first-order valence-corrected chi connectivity index (χ1v) is 7.20. The lowest BCUT2D eigenvalue weighted by molar-refractivity contribution is 0.00819. The average molecular weight is 302 g/mol. The van der Waals surface area contributed by atoms with E-state index in [0.717, 1.165) is 12.1 Å². The van der Waals surface area contributed by atoms with Gasteiger partial charge in [0.15, 0.2) is 0 Å². The normalized spacial score (nSPS) is 14.1. The molecule has 1 rings (SSSR count). The molecule has 0 fully saturated rings. The first-order chi connectivity index (χ1) is 9.50. The van der Waals surface area contributed by atoms with Gasteiger partial charge in [0.05, 0.1) is 17.2 Å². The molecule has 1 unspecified atom stereocenters. The minimum atomic E-state index is -0.847. The number of rotatable bonds is 9. The molecular weight excluding hydrogens is 278 g/mol. The fourth-order valence-electron chi connectivity index (χ4n) is 1.58. The number of halogens is 1. The molecule has 0 saturated carbocycles. The Balaban J connectivity index is 2.68. The van der Waals surface area contributed by atoms with Crippen molar-refractivity contribution in [3.05, 3.63) is 28.8 Å². The lowest BCUT2D eigenvalue weighted by Gasteiger charge is -2.23. The lowest BCUT2D eigenvalue weighted by atomic mass is 10.1. The molecule has 0 aliphatic carbocycles. The van der Waals surface area contributed by atoms with Crippen molar-refractivity contribution in [2.45, 2.75) is 32.4 Å². The van der Waals surface area contributed by atoms with Crippen molar-refractivity contribution in [3.8, 4) is 5.75 Å². The third kappa shape index (κ3) is 5.67. The van der Waals surface area contributed by atoms with E-state index in [1.165, 1.54) is 0 Å². The number of hydrogen-bond acceptors (Lipinski definition) is 4. The summed E-state index contributed by atoms with van der Waals surface area (Å²) in [4.78, 5) is 0. The Morgan fingerprint density at radius 2 is 2.15 bits per heavy atom. The Hall–Kier alpha value is -0.810. The van der Waals surface area contributed by atoms with Gasteiger partial charge >= 0.3 is 0 Å². The molecule has 114 valence electrons. The van der Waals surface area contributed by atoms with Crippen LogP contribution in [0.1, 0.15) is 25.8 Å². The third-order valence-corrected chi connectivity index (χ3v) is 3.43. The molecular formula is C15H24ClNO3. The largest absolute Gasteiger partial charge is 0.489 e. The van der Waals surface area contributed by atoms with Crippen molar-refractivity contribution in [2.75, 3.05) is 26.9 Å². The van der Waals surface area contributed by atoms with Gasteiger partial charge in [-0.25, -0.2) is 0 Å². The minimum Gasteiger partial charge on any atom is -0.489 e. The average Bonchev–Trinajstić information content (AvgIpc) is 2.43. The second-order valence-electron chi connectivity index (χ2n) is 5.04. The van der Waals surface area contributed by atoms with Crippen LogP contribution in [0.3, 0.4) is 0 Å². The van der Waals surface area contributed by atoms with Crippen LogP contribution in [0.25, 0.3) is 0 Å². The number of aliphatic hydroxyl groups is 1. The fraction of sp³-hybridized carbons (Fsp3) is 0.600. The number of ether oxygens (including phenoxy) is 2. The van der Waals surface area contributed by atoms with Gasteiger partial charge in [0.1, 0.15) is 12.4 Å². The summed E-state index contributed by atoms with van der Waals surface area (Å²) in [7, 11) is 1.67. The first-order valence-electron chi connectivity index (χ1n) is 6.82. The molecule has 0 heterocycles. The van der Waals surface area contributed by atoms with Gasteiger partial charge < -0.3 is 19.9 Å². The smallest absolute Gasteiger partial charge is 0.142 e. The van der Waals surface area contributed by atoms with E-state index in [2.05, 4.69) is 5.32 Å². The van der Waals surface area contributed by atoms with E-state index >= 15 is 0 Å². The number of para-hydroxylation sites is 1. The van der Waals surface area contributed by atoms with Crippen LogP contribution in [0.5, 0.6) is 5.75 Å². The van der Waals surface area contributed by atoms with Crippen molar-refractivity contribution < 1.29 is 14.6 Å². The lowest BCUT2D eigenvalue weighted by Crippen LogP contribution is -2.31. The van der Waals surface area contributed by atoms with E-state index in [1.807, 2.05) is 19.1 Å². The summed E-state index contributed by atoms with van der Waals surface area (Å²) in [6, 6.07) is 5.64. The van der Waals surface area contributed by atoms with Crippen LogP contribution in [-0.2, 0) is 11.3 Å². The van der Waals surface area contributed by atoms with Crippen molar-refractivity contribution in [1.82, 2.24) is 5.32 Å². The number of methoxy groups -OCH3 is 1. The monoisotopic (exact) mass is 301 g/mol. The number of nitrogens with one attached hydrogen (secondary N) is 1. The van der Waals surface area contributed by atoms with E-state index in [0.29, 0.717) is 30.3 Å². The number of hydrogen-bond donors (Lipinski definition) is 2. The van der Waals surface area contributed by atoms with Crippen LogP contribution in [0.4, 0.5) is 0 Å². The van der Waals surface area contributed by atoms with Crippen LogP contribution in [-0.4, -0.2) is 37.6 Å². The van der Waals surface area contributed by atoms with Gasteiger partial charge in [-0.3, -0.25) is 0 Å². The highest BCUT2D eigenvalue weighted by Crippen LogP contribution is 2.29. The highest BCUT2D eigenvalue weighted by atomic mass is 35.5. The highest BCUT2D eigenvalue weighted by Gasteiger charge is 2.20. The summed E-state index contributed by atoms with van der Waals surface area (Å²) in [5.74, 6) is 0.632. The molecule has 0 aliphatic heterocycles. The Bertz CT molecular complexity index is 410. The first kappa shape index (κ1) is 17.2. The van der Waals surface area contributed by atoms with Gasteiger partial charge in [0, 0.05) is 25.8 Å². The van der Waals surface area contributed by atoms with Gasteiger partial charge in [-0.15, -0.1) is 0 Å². The van der Waals surface area contributed by atoms with Crippen LogP contribution in [0.15, 0.2) is 18.2 Å². The molecule has 1 aromatic rings. The highest BCUT2D eigenvalue weighted by molar-refractivity contribution is 6.32. The van der Waals surface area contributed by atoms with Crippen molar-refractivity contribution >= 4 is 11.6 Å². The molecule has 4 nitrogen and oxygen atoms in total. The maximum atomic E-state index is 10.0. The van der Waals surface area contributed by atoms with Crippen LogP contribution in [0, 0.1) is 0 Å². The third-order valence-electron chi connectivity index (χ3n) is 3.14. The SMILES string of the molecule is CCC(C)(O)COc1c(Cl)cccc1CNCCOC. The standard InChI is InChI=1S/C15H24ClNO3/c1-4-15(2,18)11-20-14-12(6-5-7-13(14)16)10-17-8-9-19-3/h5-7,17-18H,4,8-11H2,1-3H3.